The first-order valence-electron chi connectivity index (χ1n) is 11.8. The molecule has 0 bridgehead atoms. The summed E-state index contributed by atoms with van der Waals surface area (Å²) in [6.07, 6.45) is 1.59. The Morgan fingerprint density at radius 1 is 1.17 bits per heavy atom. The number of hydrogen-bond donors (Lipinski definition) is 2. The normalized spacial score (nSPS) is 14.1. The summed E-state index contributed by atoms with van der Waals surface area (Å²) >= 11 is 6.66. The van der Waals surface area contributed by atoms with Gasteiger partial charge in [0.05, 0.1) is 36.6 Å². The number of nitrogens with zero attached hydrogens (tertiary/aromatic N) is 3. The summed E-state index contributed by atoms with van der Waals surface area (Å²) in [4.78, 5) is 9.90. The third-order valence-corrected chi connectivity index (χ3v) is 6.88. The number of pyridine rings is 1. The molecule has 0 aliphatic carbocycles. The molecule has 1 saturated heterocycles. The Morgan fingerprint density at radius 3 is 2.56 bits per heavy atom. The third-order valence-electron chi connectivity index (χ3n) is 6.56. The highest BCUT2D eigenvalue weighted by Gasteiger charge is 2.22. The van der Waals surface area contributed by atoms with E-state index in [1.807, 2.05) is 32.0 Å². The molecule has 7 nitrogen and oxygen atoms in total. The van der Waals surface area contributed by atoms with Crippen LogP contribution < -0.4 is 9.64 Å². The van der Waals surface area contributed by atoms with Gasteiger partial charge in [0, 0.05) is 40.8 Å². The predicted molar refractivity (Wildman–Crippen MR) is 141 cm³/mol. The van der Waals surface area contributed by atoms with Gasteiger partial charge >= 0.3 is 0 Å². The molecule has 5 rings (SSSR count). The van der Waals surface area contributed by atoms with Crippen molar-refractivity contribution in [1.82, 2.24) is 9.97 Å². The second-order valence-corrected chi connectivity index (χ2v) is 9.90. The average Bonchev–Trinajstić information content (AvgIpc) is 3.24. The van der Waals surface area contributed by atoms with Crippen molar-refractivity contribution in [3.8, 4) is 28.8 Å². The molecule has 2 N–H and O–H groups in total. The van der Waals surface area contributed by atoms with Crippen molar-refractivity contribution in [2.24, 2.45) is 0 Å². The monoisotopic (exact) mass is 502 g/mol. The summed E-state index contributed by atoms with van der Waals surface area (Å²) in [5.74, 6) is 0.819. The number of aliphatic hydroxyl groups excluding tert-OH is 1. The summed E-state index contributed by atoms with van der Waals surface area (Å²) in [7, 11) is 0. The van der Waals surface area contributed by atoms with Gasteiger partial charge in [-0.05, 0) is 42.0 Å². The van der Waals surface area contributed by atoms with Crippen LogP contribution in [0.3, 0.4) is 0 Å². The fourth-order valence-corrected chi connectivity index (χ4v) is 4.59. The van der Waals surface area contributed by atoms with Crippen LogP contribution in [0.4, 0.5) is 5.69 Å². The highest BCUT2D eigenvalue weighted by molar-refractivity contribution is 6.34. The van der Waals surface area contributed by atoms with Crippen molar-refractivity contribution in [2.75, 3.05) is 37.8 Å². The quantitative estimate of drug-likeness (QED) is 0.353. The van der Waals surface area contributed by atoms with Crippen LogP contribution in [0.5, 0.6) is 11.6 Å². The van der Waals surface area contributed by atoms with E-state index >= 15 is 0 Å². The summed E-state index contributed by atoms with van der Waals surface area (Å²) in [5.41, 5.74) is 4.38. The number of aromatic nitrogens is 2. The molecule has 36 heavy (non-hydrogen) atoms. The average molecular weight is 503 g/mol. The number of aliphatic hydroxyl groups is 1. The number of anilines is 1. The van der Waals surface area contributed by atoms with Crippen molar-refractivity contribution in [2.45, 2.75) is 19.3 Å². The van der Waals surface area contributed by atoms with E-state index in [1.54, 1.807) is 12.3 Å². The molecule has 8 heteroatoms. The largest absolute Gasteiger partial charge is 0.438 e. The summed E-state index contributed by atoms with van der Waals surface area (Å²) in [6, 6.07) is 17.9. The van der Waals surface area contributed by atoms with Crippen LogP contribution in [-0.2, 0) is 10.2 Å². The van der Waals surface area contributed by atoms with Gasteiger partial charge in [-0.1, -0.05) is 37.6 Å². The first-order chi connectivity index (χ1) is 17.4. The van der Waals surface area contributed by atoms with E-state index in [0.29, 0.717) is 27.7 Å². The number of morpholine rings is 1. The van der Waals surface area contributed by atoms with Crippen molar-refractivity contribution in [3.63, 3.8) is 0 Å². The van der Waals surface area contributed by atoms with Crippen LogP contribution in [0.15, 0.2) is 54.7 Å². The smallest absolute Gasteiger partial charge is 0.216 e. The number of halogens is 1. The molecule has 184 valence electrons. The molecule has 1 aliphatic heterocycles. The number of nitriles is 1. The number of H-pyrrole nitrogens is 1. The zero-order valence-corrected chi connectivity index (χ0v) is 21.0. The second-order valence-electron chi connectivity index (χ2n) is 9.49. The topological polar surface area (TPSA) is 94.4 Å². The van der Waals surface area contributed by atoms with Crippen LogP contribution in [0, 0.1) is 11.3 Å². The molecule has 3 heterocycles. The standard InChI is InChI=1S/C28H27ClN4O3/c1-28(2,17-34)26-8-7-20(16-31-26)36-27-23(15-30)22-13-21(24(29)14-25(22)32-27)18-3-5-19(6-4-18)33-9-11-35-12-10-33/h3-8,13-14,16,32,34H,9-12,17H2,1-2H3. The Hall–Kier alpha value is -3.57. The Kier molecular flexibility index (Phi) is 6.59. The summed E-state index contributed by atoms with van der Waals surface area (Å²) < 4.78 is 11.4. The van der Waals surface area contributed by atoms with Gasteiger partial charge in [-0.15, -0.1) is 0 Å². The fourth-order valence-electron chi connectivity index (χ4n) is 4.31. The number of rotatable bonds is 6. The molecule has 4 aromatic rings. The minimum atomic E-state index is -0.453. The Labute approximate surface area is 214 Å². The number of aromatic amines is 1. The Bertz CT molecular complexity index is 1420. The maximum atomic E-state index is 9.94. The molecule has 2 aromatic heterocycles. The number of benzene rings is 2. The van der Waals surface area contributed by atoms with E-state index in [0.717, 1.165) is 54.2 Å². The van der Waals surface area contributed by atoms with Crippen LogP contribution in [-0.4, -0.2) is 48.0 Å². The van der Waals surface area contributed by atoms with Gasteiger partial charge in [0.2, 0.25) is 5.88 Å². The van der Waals surface area contributed by atoms with E-state index in [1.165, 1.54) is 0 Å². The molecule has 2 aromatic carbocycles. The summed E-state index contributed by atoms with van der Waals surface area (Å²) in [6.45, 7) is 7.04. The van der Waals surface area contributed by atoms with Gasteiger partial charge in [0.25, 0.3) is 0 Å². The molecule has 1 aliphatic rings. The first kappa shape index (κ1) is 24.1. The van der Waals surface area contributed by atoms with Gasteiger partial charge in [-0.2, -0.15) is 5.26 Å². The molecule has 0 atom stereocenters. The van der Waals surface area contributed by atoms with Gasteiger partial charge < -0.3 is 24.5 Å². The number of hydrogen-bond acceptors (Lipinski definition) is 6. The Morgan fingerprint density at radius 2 is 1.92 bits per heavy atom. The predicted octanol–water partition coefficient (Wildman–Crippen LogP) is 5.65. The van der Waals surface area contributed by atoms with Gasteiger partial charge in [-0.3, -0.25) is 4.98 Å². The van der Waals surface area contributed by atoms with Crippen molar-refractivity contribution in [3.05, 3.63) is 71.0 Å². The van der Waals surface area contributed by atoms with Crippen molar-refractivity contribution < 1.29 is 14.6 Å². The van der Waals surface area contributed by atoms with E-state index in [9.17, 15) is 10.4 Å². The Balaban J connectivity index is 1.45. The molecule has 0 amide bonds. The molecule has 0 spiro atoms. The van der Waals surface area contributed by atoms with Crippen LogP contribution >= 0.6 is 11.6 Å². The zero-order chi connectivity index (χ0) is 25.3. The lowest BCUT2D eigenvalue weighted by Gasteiger charge is -2.29. The number of ether oxygens (including phenoxy) is 2. The first-order valence-corrected chi connectivity index (χ1v) is 12.2. The second kappa shape index (κ2) is 9.82. The minimum absolute atomic E-state index is 0.0140. The maximum absolute atomic E-state index is 9.94. The highest BCUT2D eigenvalue weighted by atomic mass is 35.5. The van der Waals surface area contributed by atoms with Crippen LogP contribution in [0.25, 0.3) is 22.0 Å². The molecule has 0 saturated carbocycles. The molecular weight excluding hydrogens is 476 g/mol. The molecule has 1 fully saturated rings. The molecule has 0 radical (unpaired) electrons. The van der Waals surface area contributed by atoms with Gasteiger partial charge in [0.1, 0.15) is 17.4 Å². The summed E-state index contributed by atoms with van der Waals surface area (Å²) in [5, 5.41) is 20.8. The van der Waals surface area contributed by atoms with Gasteiger partial charge in [0.15, 0.2) is 0 Å². The lowest BCUT2D eigenvalue weighted by molar-refractivity contribution is 0.122. The van der Waals surface area contributed by atoms with E-state index in [-0.39, 0.29) is 6.61 Å². The zero-order valence-electron chi connectivity index (χ0n) is 20.2. The highest BCUT2D eigenvalue weighted by Crippen LogP contribution is 2.38. The van der Waals surface area contributed by atoms with Crippen molar-refractivity contribution >= 4 is 28.2 Å². The maximum Gasteiger partial charge on any atom is 0.216 e. The lowest BCUT2D eigenvalue weighted by Crippen LogP contribution is -2.36. The molecular formula is C28H27ClN4O3. The van der Waals surface area contributed by atoms with E-state index in [2.05, 4.69) is 45.2 Å². The van der Waals surface area contributed by atoms with Crippen LogP contribution in [0.2, 0.25) is 5.02 Å². The van der Waals surface area contributed by atoms with Gasteiger partial charge in [-0.25, -0.2) is 0 Å². The number of nitrogens with one attached hydrogen (secondary N) is 1. The molecule has 0 unspecified atom stereocenters. The third kappa shape index (κ3) is 4.63. The minimum Gasteiger partial charge on any atom is -0.438 e. The van der Waals surface area contributed by atoms with E-state index in [4.69, 9.17) is 21.1 Å². The van der Waals surface area contributed by atoms with Crippen LogP contribution in [0.1, 0.15) is 25.1 Å². The van der Waals surface area contributed by atoms with E-state index < -0.39 is 5.41 Å². The fraction of sp³-hybridized carbons (Fsp3) is 0.286. The van der Waals surface area contributed by atoms with Crippen molar-refractivity contribution in [1.29, 1.82) is 5.26 Å². The SMILES string of the molecule is CC(C)(CO)c1ccc(Oc2[nH]c3cc(Cl)c(-c4ccc(N5CCOCC5)cc4)cc3c2C#N)cn1. The number of fused-ring (bicyclic) bond motifs is 1. The lowest BCUT2D eigenvalue weighted by atomic mass is 9.90.